The Morgan fingerprint density at radius 1 is 1.47 bits per heavy atom. The molecule has 1 amide bonds. The van der Waals surface area contributed by atoms with Crippen LogP contribution in [0.3, 0.4) is 0 Å². The predicted octanol–water partition coefficient (Wildman–Crippen LogP) is 0.345. The molecule has 0 bridgehead atoms. The first kappa shape index (κ1) is 9.34. The molecule has 0 saturated heterocycles. The zero-order valence-corrected chi connectivity index (χ0v) is 7.64. The third-order valence-corrected chi connectivity index (χ3v) is 1.90. The predicted molar refractivity (Wildman–Crippen MR) is 49.7 cm³/mol. The number of fused-ring (bicyclic) bond motifs is 1. The van der Waals surface area contributed by atoms with Crippen molar-refractivity contribution in [1.29, 1.82) is 5.26 Å². The topological polar surface area (TPSA) is 85.3 Å². The lowest BCUT2D eigenvalue weighted by Crippen LogP contribution is -2.35. The number of hydrogen-bond donors (Lipinski definition) is 1. The fourth-order valence-electron chi connectivity index (χ4n) is 1.25. The van der Waals surface area contributed by atoms with Crippen molar-refractivity contribution in [1.82, 2.24) is 0 Å². The zero-order valence-electron chi connectivity index (χ0n) is 7.64. The van der Waals surface area contributed by atoms with Crippen LogP contribution in [0.25, 0.3) is 0 Å². The molecule has 1 unspecified atom stereocenters. The number of nitriles is 1. The van der Waals surface area contributed by atoms with Crippen LogP contribution >= 0.6 is 0 Å². The van der Waals surface area contributed by atoms with Crippen molar-refractivity contribution >= 4 is 5.91 Å². The monoisotopic (exact) mass is 203 g/mol. The van der Waals surface area contributed by atoms with Crippen LogP contribution in [0.5, 0.6) is 11.5 Å². The molecule has 1 heterocycles. The van der Waals surface area contributed by atoms with Crippen LogP contribution in [-0.2, 0) is 4.79 Å². The molecular weight excluding hydrogens is 196 g/mol. The summed E-state index contributed by atoms with van der Waals surface area (Å²) in [7, 11) is 0. The number of nitrogens with zero attached hydrogens (tertiary/aromatic N) is 1. The van der Waals surface area contributed by atoms with Crippen molar-refractivity contribution in [3.63, 3.8) is 0 Å². The standard InChI is InChI=1S/C10H7N2O3/c11-4-3-6-1-2-7-8(5-6)15-10(14-7)9(12)13/h1-3,5,10H,(H2,12,13). The van der Waals surface area contributed by atoms with Crippen LogP contribution < -0.4 is 15.2 Å². The van der Waals surface area contributed by atoms with Gasteiger partial charge in [-0.05, 0) is 17.7 Å². The van der Waals surface area contributed by atoms with Crippen molar-refractivity contribution in [2.24, 2.45) is 5.73 Å². The van der Waals surface area contributed by atoms with E-state index in [2.05, 4.69) is 0 Å². The van der Waals surface area contributed by atoms with Gasteiger partial charge in [0.15, 0.2) is 11.5 Å². The Morgan fingerprint density at radius 2 is 2.20 bits per heavy atom. The number of primary amides is 1. The molecule has 1 aromatic carbocycles. The van der Waals surface area contributed by atoms with Gasteiger partial charge in [-0.3, -0.25) is 4.79 Å². The normalized spacial score (nSPS) is 17.1. The lowest BCUT2D eigenvalue weighted by molar-refractivity contribution is -0.133. The van der Waals surface area contributed by atoms with E-state index in [0.717, 1.165) is 0 Å². The van der Waals surface area contributed by atoms with Crippen LogP contribution in [0.1, 0.15) is 5.56 Å². The molecule has 75 valence electrons. The molecule has 0 fully saturated rings. The molecule has 1 radical (unpaired) electrons. The van der Waals surface area contributed by atoms with Crippen LogP contribution in [0, 0.1) is 17.8 Å². The third kappa shape index (κ3) is 1.70. The van der Waals surface area contributed by atoms with E-state index in [1.54, 1.807) is 18.2 Å². The minimum atomic E-state index is -1.07. The lowest BCUT2D eigenvalue weighted by atomic mass is 10.1. The summed E-state index contributed by atoms with van der Waals surface area (Å²) < 4.78 is 10.2. The summed E-state index contributed by atoms with van der Waals surface area (Å²) in [6, 6.07) is 6.82. The van der Waals surface area contributed by atoms with Gasteiger partial charge < -0.3 is 15.2 Å². The summed E-state index contributed by atoms with van der Waals surface area (Å²) in [5.41, 5.74) is 5.71. The minimum absolute atomic E-state index is 0.419. The molecule has 15 heavy (non-hydrogen) atoms. The van der Waals surface area contributed by atoms with E-state index in [0.29, 0.717) is 17.1 Å². The molecule has 0 aliphatic carbocycles. The maximum Gasteiger partial charge on any atom is 0.321 e. The third-order valence-electron chi connectivity index (χ3n) is 1.90. The summed E-state index contributed by atoms with van der Waals surface area (Å²) >= 11 is 0. The first-order valence-electron chi connectivity index (χ1n) is 4.20. The number of nitrogens with two attached hydrogens (primary N) is 1. The van der Waals surface area contributed by atoms with Crippen LogP contribution in [0.2, 0.25) is 0 Å². The molecule has 1 atom stereocenters. The van der Waals surface area contributed by atoms with E-state index < -0.39 is 12.2 Å². The Hall–Kier alpha value is -2.22. The molecule has 0 saturated carbocycles. The van der Waals surface area contributed by atoms with E-state index in [1.165, 1.54) is 6.42 Å². The minimum Gasteiger partial charge on any atom is -0.442 e. The Labute approximate surface area is 86.0 Å². The van der Waals surface area contributed by atoms with Gasteiger partial charge in [0.1, 0.15) is 0 Å². The van der Waals surface area contributed by atoms with Gasteiger partial charge in [-0.25, -0.2) is 0 Å². The Morgan fingerprint density at radius 3 is 2.87 bits per heavy atom. The molecular formula is C10H7N2O3. The SMILES string of the molecule is N#C[CH]c1ccc2c(c1)OC(C(N)=O)O2. The molecule has 5 heteroatoms. The average molecular weight is 203 g/mol. The lowest BCUT2D eigenvalue weighted by Gasteiger charge is -2.03. The van der Waals surface area contributed by atoms with Gasteiger partial charge in [-0.15, -0.1) is 0 Å². The molecule has 5 nitrogen and oxygen atoms in total. The Bertz CT molecular complexity index is 450. The van der Waals surface area contributed by atoms with Gasteiger partial charge in [-0.2, -0.15) is 5.26 Å². The van der Waals surface area contributed by atoms with Gasteiger partial charge in [0.2, 0.25) is 0 Å². The molecule has 0 aromatic heterocycles. The van der Waals surface area contributed by atoms with Crippen LogP contribution in [0.4, 0.5) is 0 Å². The van der Waals surface area contributed by atoms with Crippen molar-refractivity contribution in [2.45, 2.75) is 6.29 Å². The van der Waals surface area contributed by atoms with Gasteiger partial charge in [0.25, 0.3) is 5.91 Å². The summed E-state index contributed by atoms with van der Waals surface area (Å²) in [4.78, 5) is 10.8. The smallest absolute Gasteiger partial charge is 0.321 e. The molecule has 1 aliphatic heterocycles. The first-order valence-corrected chi connectivity index (χ1v) is 4.20. The highest BCUT2D eigenvalue weighted by atomic mass is 16.7. The second-order valence-electron chi connectivity index (χ2n) is 2.95. The molecule has 2 N–H and O–H groups in total. The molecule has 1 aromatic rings. The van der Waals surface area contributed by atoms with E-state index in [9.17, 15) is 4.79 Å². The molecule has 1 aliphatic rings. The average Bonchev–Trinajstić information content (AvgIpc) is 2.61. The number of amides is 1. The number of carbonyl (C=O) groups excluding carboxylic acids is 1. The van der Waals surface area contributed by atoms with Crippen molar-refractivity contribution in [3.05, 3.63) is 30.2 Å². The first-order chi connectivity index (χ1) is 7.20. The summed E-state index contributed by atoms with van der Waals surface area (Å²) in [6.45, 7) is 0. The number of carbonyl (C=O) groups is 1. The van der Waals surface area contributed by atoms with Gasteiger partial charge in [-0.1, -0.05) is 6.07 Å². The quantitative estimate of drug-likeness (QED) is 0.751. The van der Waals surface area contributed by atoms with E-state index in [1.807, 2.05) is 6.07 Å². The second kappa shape index (κ2) is 3.50. The Kier molecular flexibility index (Phi) is 2.18. The van der Waals surface area contributed by atoms with Crippen molar-refractivity contribution < 1.29 is 14.3 Å². The van der Waals surface area contributed by atoms with E-state index in [4.69, 9.17) is 20.5 Å². The number of rotatable bonds is 2. The van der Waals surface area contributed by atoms with Gasteiger partial charge in [0, 0.05) is 0 Å². The van der Waals surface area contributed by atoms with Crippen molar-refractivity contribution in [3.8, 4) is 17.6 Å². The molecule has 2 rings (SSSR count). The summed E-state index contributed by atoms with van der Waals surface area (Å²) in [5, 5.41) is 8.46. The number of hydrogen-bond acceptors (Lipinski definition) is 4. The molecule has 0 spiro atoms. The number of benzene rings is 1. The van der Waals surface area contributed by atoms with Gasteiger partial charge in [0.05, 0.1) is 12.5 Å². The number of ether oxygens (including phenoxy) is 2. The van der Waals surface area contributed by atoms with Gasteiger partial charge >= 0.3 is 6.29 Å². The highest BCUT2D eigenvalue weighted by Gasteiger charge is 2.28. The summed E-state index contributed by atoms with van der Waals surface area (Å²) in [6.07, 6.45) is 0.290. The fourth-order valence-corrected chi connectivity index (χ4v) is 1.25. The van der Waals surface area contributed by atoms with Crippen LogP contribution in [-0.4, -0.2) is 12.2 Å². The maximum absolute atomic E-state index is 10.8. The maximum atomic E-state index is 10.8. The largest absolute Gasteiger partial charge is 0.442 e. The highest BCUT2D eigenvalue weighted by Crippen LogP contribution is 2.35. The van der Waals surface area contributed by atoms with E-state index in [-0.39, 0.29) is 0 Å². The highest BCUT2D eigenvalue weighted by molar-refractivity contribution is 5.79. The fraction of sp³-hybridized carbons (Fsp3) is 0.100. The second-order valence-corrected chi connectivity index (χ2v) is 2.95. The van der Waals surface area contributed by atoms with E-state index >= 15 is 0 Å². The zero-order chi connectivity index (χ0) is 10.8. The van der Waals surface area contributed by atoms with Crippen molar-refractivity contribution in [2.75, 3.05) is 0 Å². The summed E-state index contributed by atoms with van der Waals surface area (Å²) in [5.74, 6) is 0.189. The Balaban J connectivity index is 2.24. The van der Waals surface area contributed by atoms with Crippen LogP contribution in [0.15, 0.2) is 18.2 Å².